The number of nitrogens with one attached hydrogen (secondary N) is 1. The van der Waals surface area contributed by atoms with E-state index in [4.69, 9.17) is 4.42 Å². The second kappa shape index (κ2) is 5.66. The molecule has 1 unspecified atom stereocenters. The van der Waals surface area contributed by atoms with Crippen LogP contribution in [-0.4, -0.2) is 14.7 Å². The van der Waals surface area contributed by atoms with Crippen LogP contribution in [0, 0.1) is 5.82 Å². The van der Waals surface area contributed by atoms with Crippen LogP contribution in [0.5, 0.6) is 0 Å². The molecule has 20 heavy (non-hydrogen) atoms. The van der Waals surface area contributed by atoms with Crippen molar-refractivity contribution in [2.24, 2.45) is 0 Å². The van der Waals surface area contributed by atoms with Crippen LogP contribution in [0.3, 0.4) is 0 Å². The summed E-state index contributed by atoms with van der Waals surface area (Å²) in [6, 6.07) is 7.03. The molecule has 0 aliphatic carbocycles. The zero-order valence-electron chi connectivity index (χ0n) is 11.3. The van der Waals surface area contributed by atoms with Gasteiger partial charge in [-0.2, -0.15) is 0 Å². The van der Waals surface area contributed by atoms with Crippen molar-refractivity contribution < 1.29 is 17.2 Å². The average molecular weight is 297 g/mol. The molecular weight excluding hydrogens is 281 g/mol. The summed E-state index contributed by atoms with van der Waals surface area (Å²) in [5.41, 5.74) is 0.149. The van der Waals surface area contributed by atoms with Crippen LogP contribution in [-0.2, 0) is 9.84 Å². The van der Waals surface area contributed by atoms with E-state index in [0.717, 1.165) is 12.3 Å². The van der Waals surface area contributed by atoms with E-state index in [0.29, 0.717) is 12.2 Å². The van der Waals surface area contributed by atoms with E-state index >= 15 is 0 Å². The number of furan rings is 1. The van der Waals surface area contributed by atoms with Crippen molar-refractivity contribution in [3.8, 4) is 0 Å². The van der Waals surface area contributed by atoms with Crippen molar-refractivity contribution >= 4 is 15.5 Å². The lowest BCUT2D eigenvalue weighted by molar-refractivity contribution is 0.472. The molecule has 0 bridgehead atoms. The molecule has 1 atom stereocenters. The third-order valence-corrected chi connectivity index (χ3v) is 4.10. The third-order valence-electron chi connectivity index (χ3n) is 2.99. The van der Waals surface area contributed by atoms with Gasteiger partial charge in [0.1, 0.15) is 11.6 Å². The normalized spacial score (nSPS) is 13.2. The Bertz CT molecular complexity index is 680. The fraction of sp³-hybridized carbons (Fsp3) is 0.286. The molecule has 0 fully saturated rings. The lowest BCUT2D eigenvalue weighted by Crippen LogP contribution is -2.11. The van der Waals surface area contributed by atoms with Gasteiger partial charge in [-0.25, -0.2) is 12.8 Å². The molecule has 0 aliphatic heterocycles. The zero-order chi connectivity index (χ0) is 14.8. The SMILES string of the molecule is CCC(Nc1cc(S(C)(=O)=O)ccc1F)c1ccco1. The fourth-order valence-corrected chi connectivity index (χ4v) is 2.54. The highest BCUT2D eigenvalue weighted by Gasteiger charge is 2.16. The number of hydrogen-bond acceptors (Lipinski definition) is 4. The molecule has 1 heterocycles. The van der Waals surface area contributed by atoms with Gasteiger partial charge in [-0.1, -0.05) is 6.92 Å². The standard InChI is InChI=1S/C14H16FNO3S/c1-3-12(14-5-4-8-19-14)16-13-9-10(20(2,17)18)6-7-11(13)15/h4-9,12,16H,3H2,1-2H3. The van der Waals surface area contributed by atoms with Gasteiger partial charge in [0.05, 0.1) is 22.9 Å². The first-order valence-electron chi connectivity index (χ1n) is 6.21. The molecule has 0 amide bonds. The molecule has 108 valence electrons. The molecule has 0 saturated carbocycles. The molecule has 2 aromatic rings. The number of rotatable bonds is 5. The molecule has 1 aromatic carbocycles. The smallest absolute Gasteiger partial charge is 0.175 e. The summed E-state index contributed by atoms with van der Waals surface area (Å²) < 4.78 is 42.1. The van der Waals surface area contributed by atoms with Crippen LogP contribution >= 0.6 is 0 Å². The van der Waals surface area contributed by atoms with E-state index in [1.54, 1.807) is 18.4 Å². The zero-order valence-corrected chi connectivity index (χ0v) is 12.1. The van der Waals surface area contributed by atoms with Crippen molar-refractivity contribution in [3.05, 3.63) is 48.2 Å². The molecule has 1 N–H and O–H groups in total. The molecule has 6 heteroatoms. The van der Waals surface area contributed by atoms with Gasteiger partial charge in [-0.15, -0.1) is 0 Å². The van der Waals surface area contributed by atoms with Crippen molar-refractivity contribution in [3.63, 3.8) is 0 Å². The van der Waals surface area contributed by atoms with Gasteiger partial charge in [0.25, 0.3) is 0 Å². The van der Waals surface area contributed by atoms with Crippen LogP contribution in [0.25, 0.3) is 0 Å². The quantitative estimate of drug-likeness (QED) is 0.859. The van der Waals surface area contributed by atoms with Crippen LogP contribution in [0.1, 0.15) is 25.1 Å². The minimum Gasteiger partial charge on any atom is -0.467 e. The summed E-state index contributed by atoms with van der Waals surface area (Å²) in [4.78, 5) is 0.0793. The second-order valence-electron chi connectivity index (χ2n) is 4.53. The van der Waals surface area contributed by atoms with Crippen LogP contribution in [0.15, 0.2) is 45.9 Å². The lowest BCUT2D eigenvalue weighted by atomic mass is 10.1. The second-order valence-corrected chi connectivity index (χ2v) is 6.55. The first kappa shape index (κ1) is 14.6. The van der Waals surface area contributed by atoms with Gasteiger partial charge in [-0.05, 0) is 36.8 Å². The molecule has 0 radical (unpaired) electrons. The van der Waals surface area contributed by atoms with E-state index < -0.39 is 15.7 Å². The summed E-state index contributed by atoms with van der Waals surface area (Å²) in [6.45, 7) is 1.93. The maximum atomic E-state index is 13.8. The Balaban J connectivity index is 2.33. The van der Waals surface area contributed by atoms with Crippen LogP contribution in [0.2, 0.25) is 0 Å². The first-order valence-corrected chi connectivity index (χ1v) is 8.10. The molecule has 0 saturated heterocycles. The topological polar surface area (TPSA) is 59.3 Å². The van der Waals surface area contributed by atoms with Gasteiger partial charge in [-0.3, -0.25) is 0 Å². The number of hydrogen-bond donors (Lipinski definition) is 1. The highest BCUT2D eigenvalue weighted by Crippen LogP contribution is 2.26. The van der Waals surface area contributed by atoms with E-state index in [2.05, 4.69) is 5.32 Å². The Kier molecular flexibility index (Phi) is 4.13. The maximum absolute atomic E-state index is 13.8. The number of sulfone groups is 1. The predicted octanol–water partition coefficient (Wildman–Crippen LogP) is 3.39. The molecule has 4 nitrogen and oxygen atoms in total. The summed E-state index contributed by atoms with van der Waals surface area (Å²) in [5.74, 6) is 0.180. The molecule has 1 aromatic heterocycles. The minimum atomic E-state index is -3.37. The van der Waals surface area contributed by atoms with Crippen molar-refractivity contribution in [2.75, 3.05) is 11.6 Å². The summed E-state index contributed by atoms with van der Waals surface area (Å²) in [7, 11) is -3.37. The Morgan fingerprint density at radius 3 is 2.65 bits per heavy atom. The highest BCUT2D eigenvalue weighted by atomic mass is 32.2. The highest BCUT2D eigenvalue weighted by molar-refractivity contribution is 7.90. The van der Waals surface area contributed by atoms with Crippen molar-refractivity contribution in [1.82, 2.24) is 0 Å². The Morgan fingerprint density at radius 1 is 1.35 bits per heavy atom. The van der Waals surface area contributed by atoms with Gasteiger partial charge in [0, 0.05) is 6.26 Å². The Hall–Kier alpha value is -1.82. The number of halogens is 1. The van der Waals surface area contributed by atoms with Gasteiger partial charge < -0.3 is 9.73 Å². The van der Waals surface area contributed by atoms with Crippen molar-refractivity contribution in [2.45, 2.75) is 24.3 Å². The van der Waals surface area contributed by atoms with E-state index in [-0.39, 0.29) is 16.6 Å². The van der Waals surface area contributed by atoms with Gasteiger partial charge >= 0.3 is 0 Å². The molecule has 2 rings (SSSR count). The van der Waals surface area contributed by atoms with Crippen LogP contribution < -0.4 is 5.32 Å². The minimum absolute atomic E-state index is 0.0793. The van der Waals surface area contributed by atoms with Crippen LogP contribution in [0.4, 0.5) is 10.1 Å². The monoisotopic (exact) mass is 297 g/mol. The maximum Gasteiger partial charge on any atom is 0.175 e. The Morgan fingerprint density at radius 2 is 2.10 bits per heavy atom. The predicted molar refractivity (Wildman–Crippen MR) is 74.9 cm³/mol. The molecule has 0 aliphatic rings. The number of anilines is 1. The summed E-state index contributed by atoms with van der Waals surface area (Å²) in [6.07, 6.45) is 3.31. The first-order chi connectivity index (χ1) is 9.41. The van der Waals surface area contributed by atoms with E-state index in [1.165, 1.54) is 12.1 Å². The lowest BCUT2D eigenvalue weighted by Gasteiger charge is -2.17. The number of benzene rings is 1. The van der Waals surface area contributed by atoms with Crippen molar-refractivity contribution in [1.29, 1.82) is 0 Å². The molecule has 0 spiro atoms. The summed E-state index contributed by atoms with van der Waals surface area (Å²) in [5, 5.41) is 2.98. The fourth-order valence-electron chi connectivity index (χ4n) is 1.90. The van der Waals surface area contributed by atoms with Gasteiger partial charge in [0.2, 0.25) is 0 Å². The third kappa shape index (κ3) is 3.19. The molecular formula is C14H16FNO3S. The van der Waals surface area contributed by atoms with E-state index in [1.807, 2.05) is 6.92 Å². The average Bonchev–Trinajstić information content (AvgIpc) is 2.90. The summed E-state index contributed by atoms with van der Waals surface area (Å²) >= 11 is 0. The Labute approximate surface area is 117 Å². The van der Waals surface area contributed by atoms with E-state index in [9.17, 15) is 12.8 Å². The van der Waals surface area contributed by atoms with Gasteiger partial charge in [0.15, 0.2) is 9.84 Å². The largest absolute Gasteiger partial charge is 0.467 e.